The summed E-state index contributed by atoms with van der Waals surface area (Å²) in [6.07, 6.45) is 5.10. The summed E-state index contributed by atoms with van der Waals surface area (Å²) < 4.78 is 14.1. The van der Waals surface area contributed by atoms with Gasteiger partial charge in [-0.15, -0.1) is 0 Å². The van der Waals surface area contributed by atoms with Gasteiger partial charge in [0, 0.05) is 12.6 Å². The number of halogens is 1. The minimum atomic E-state index is -0.611. The molecule has 0 spiro atoms. The van der Waals surface area contributed by atoms with Gasteiger partial charge in [-0.2, -0.15) is 5.06 Å². The molecule has 1 heterocycles. The molecule has 2 N–H and O–H groups in total. The van der Waals surface area contributed by atoms with Crippen molar-refractivity contribution in [2.75, 3.05) is 6.54 Å². The predicted octanol–water partition coefficient (Wildman–Crippen LogP) is 4.54. The number of hydroxylamine groups is 2. The van der Waals surface area contributed by atoms with E-state index >= 15 is 0 Å². The maximum absolute atomic E-state index is 14.0. The highest BCUT2D eigenvalue weighted by Gasteiger charge is 2.49. The summed E-state index contributed by atoms with van der Waals surface area (Å²) in [7, 11) is 0. The number of nitrogens with zero attached hydrogens (tertiary/aromatic N) is 2. The number of rotatable bonds is 5. The molecule has 0 bridgehead atoms. The third kappa shape index (κ3) is 4.78. The van der Waals surface area contributed by atoms with E-state index in [1.165, 1.54) is 24.2 Å². The predicted molar refractivity (Wildman–Crippen MR) is 114 cm³/mol. The van der Waals surface area contributed by atoms with E-state index in [1.54, 1.807) is 18.2 Å². The number of urea groups is 1. The minimum absolute atomic E-state index is 0.104. The van der Waals surface area contributed by atoms with Gasteiger partial charge in [0.2, 0.25) is 0 Å². The quantitative estimate of drug-likeness (QED) is 0.412. The number of thiocarbonyl (C=S) groups is 1. The van der Waals surface area contributed by atoms with Crippen LogP contribution in [0.15, 0.2) is 24.3 Å². The Morgan fingerprint density at radius 2 is 2.04 bits per heavy atom. The number of amides is 2. The molecule has 28 heavy (non-hydrogen) atoms. The van der Waals surface area contributed by atoms with Crippen LogP contribution < -0.4 is 5.32 Å². The van der Waals surface area contributed by atoms with E-state index in [0.717, 1.165) is 30.7 Å². The van der Waals surface area contributed by atoms with E-state index in [4.69, 9.17) is 12.2 Å². The first-order valence-electron chi connectivity index (χ1n) is 9.81. The van der Waals surface area contributed by atoms with E-state index in [-0.39, 0.29) is 11.9 Å². The van der Waals surface area contributed by atoms with Gasteiger partial charge in [-0.05, 0) is 44.7 Å². The lowest BCUT2D eigenvalue weighted by atomic mass is 9.96. The first-order valence-corrected chi connectivity index (χ1v) is 11.0. The molecular weight excluding hydrogens is 397 g/mol. The van der Waals surface area contributed by atoms with Crippen molar-refractivity contribution in [3.8, 4) is 0 Å². The van der Waals surface area contributed by atoms with Crippen LogP contribution in [-0.4, -0.2) is 49.0 Å². The van der Waals surface area contributed by atoms with Crippen LogP contribution in [0, 0.1) is 5.82 Å². The first kappa shape index (κ1) is 21.3. The summed E-state index contributed by atoms with van der Waals surface area (Å²) >= 11 is 6.96. The highest BCUT2D eigenvalue weighted by Crippen LogP contribution is 2.42. The summed E-state index contributed by atoms with van der Waals surface area (Å²) in [6.45, 7) is 4.33. The highest BCUT2D eigenvalue weighted by molar-refractivity contribution is 8.24. The number of hydrogen-bond acceptors (Lipinski definition) is 4. The number of carbonyl (C=O) groups excluding carboxylic acids is 1. The van der Waals surface area contributed by atoms with Crippen molar-refractivity contribution in [3.05, 3.63) is 35.6 Å². The topological polar surface area (TPSA) is 55.8 Å². The van der Waals surface area contributed by atoms with E-state index in [1.807, 2.05) is 18.7 Å². The summed E-state index contributed by atoms with van der Waals surface area (Å²) in [5, 5.41) is 14.5. The van der Waals surface area contributed by atoms with Crippen LogP contribution in [0.5, 0.6) is 0 Å². The van der Waals surface area contributed by atoms with Crippen LogP contribution in [0.1, 0.15) is 51.5 Å². The van der Waals surface area contributed by atoms with Crippen molar-refractivity contribution >= 4 is 34.3 Å². The van der Waals surface area contributed by atoms with Gasteiger partial charge in [0.05, 0.1) is 4.75 Å². The van der Waals surface area contributed by atoms with Gasteiger partial charge in [-0.1, -0.05) is 61.4 Å². The van der Waals surface area contributed by atoms with E-state index in [9.17, 15) is 14.4 Å². The molecular formula is C20H28FN3O2S2. The lowest BCUT2D eigenvalue weighted by molar-refractivity contribution is -0.119. The van der Waals surface area contributed by atoms with Gasteiger partial charge in [0.25, 0.3) is 0 Å². The lowest BCUT2D eigenvalue weighted by Crippen LogP contribution is -2.58. The Balaban J connectivity index is 1.70. The molecule has 1 saturated heterocycles. The van der Waals surface area contributed by atoms with Gasteiger partial charge in [0.1, 0.15) is 16.3 Å². The van der Waals surface area contributed by atoms with Crippen LogP contribution in [0.3, 0.4) is 0 Å². The van der Waals surface area contributed by atoms with E-state index < -0.39 is 16.9 Å². The SMILES string of the molecule is CC1(C)SC(=S)N(CCc2ccccc2F)[C@H]1N(O)C(=O)NC1CCCCC1. The standard InChI is InChI=1S/C20H28FN3O2S2/c1-20(2)17(24(26)18(25)22-15-9-4-3-5-10-15)23(19(27)28-20)13-12-14-8-6-7-11-16(14)21/h6-8,11,15,17,26H,3-5,9-10,12-13H2,1-2H3,(H,22,25)/t17-/m0/s1. The maximum atomic E-state index is 14.0. The minimum Gasteiger partial charge on any atom is -0.333 e. The van der Waals surface area contributed by atoms with Gasteiger partial charge in [-0.3, -0.25) is 5.21 Å². The van der Waals surface area contributed by atoms with Crippen molar-refractivity contribution in [3.63, 3.8) is 0 Å². The van der Waals surface area contributed by atoms with Gasteiger partial charge in [0.15, 0.2) is 0 Å². The van der Waals surface area contributed by atoms with Crippen LogP contribution in [0.4, 0.5) is 9.18 Å². The fraction of sp³-hybridized carbons (Fsp3) is 0.600. The van der Waals surface area contributed by atoms with E-state index in [2.05, 4.69) is 5.32 Å². The van der Waals surface area contributed by atoms with Crippen LogP contribution >= 0.6 is 24.0 Å². The fourth-order valence-electron chi connectivity index (χ4n) is 3.99. The summed E-state index contributed by atoms with van der Waals surface area (Å²) in [5.41, 5.74) is 0.593. The fourth-order valence-corrected chi connectivity index (χ4v) is 5.92. The normalized spacial score (nSPS) is 22.4. The molecule has 5 nitrogen and oxygen atoms in total. The van der Waals surface area contributed by atoms with E-state index in [0.29, 0.717) is 22.8 Å². The number of hydrogen-bond donors (Lipinski definition) is 2. The molecule has 3 rings (SSSR count). The number of thioether (sulfide) groups is 1. The molecule has 2 amide bonds. The smallest absolute Gasteiger partial charge is 0.333 e. The van der Waals surface area contributed by atoms with Crippen molar-refractivity contribution in [1.29, 1.82) is 0 Å². The monoisotopic (exact) mass is 425 g/mol. The summed E-state index contributed by atoms with van der Waals surface area (Å²) in [6, 6.07) is 6.25. The van der Waals surface area contributed by atoms with Gasteiger partial charge in [-0.25, -0.2) is 9.18 Å². The highest BCUT2D eigenvalue weighted by atomic mass is 32.2. The average molecular weight is 426 g/mol. The Morgan fingerprint density at radius 1 is 1.36 bits per heavy atom. The number of carbonyl (C=O) groups is 1. The molecule has 154 valence electrons. The number of benzene rings is 1. The summed E-state index contributed by atoms with van der Waals surface area (Å²) in [5.74, 6) is -0.257. The maximum Gasteiger partial charge on any atom is 0.343 e. The third-order valence-electron chi connectivity index (χ3n) is 5.45. The van der Waals surface area contributed by atoms with Crippen LogP contribution in [0.25, 0.3) is 0 Å². The average Bonchev–Trinajstić information content (AvgIpc) is 2.89. The lowest BCUT2D eigenvalue weighted by Gasteiger charge is -2.37. The third-order valence-corrected chi connectivity index (χ3v) is 7.08. The molecule has 2 fully saturated rings. The molecule has 1 aromatic rings. The van der Waals surface area contributed by atoms with Crippen molar-refractivity contribution in [1.82, 2.24) is 15.3 Å². The van der Waals surface area contributed by atoms with Gasteiger partial charge >= 0.3 is 6.03 Å². The molecule has 8 heteroatoms. The largest absolute Gasteiger partial charge is 0.343 e. The Labute approximate surface area is 175 Å². The second kappa shape index (κ2) is 8.97. The van der Waals surface area contributed by atoms with Crippen LogP contribution in [0.2, 0.25) is 0 Å². The zero-order chi connectivity index (χ0) is 20.3. The van der Waals surface area contributed by atoms with Crippen LogP contribution in [-0.2, 0) is 6.42 Å². The second-order valence-electron chi connectivity index (χ2n) is 8.01. The molecule has 1 aliphatic heterocycles. The molecule has 1 atom stereocenters. The molecule has 1 aromatic carbocycles. The first-order chi connectivity index (χ1) is 13.3. The summed E-state index contributed by atoms with van der Waals surface area (Å²) in [4.78, 5) is 14.5. The Hall–Kier alpha value is -1.38. The molecule has 2 aliphatic rings. The Kier molecular flexibility index (Phi) is 6.83. The molecule has 1 aliphatic carbocycles. The molecule has 1 saturated carbocycles. The Bertz CT molecular complexity index is 725. The zero-order valence-electron chi connectivity index (χ0n) is 16.4. The Morgan fingerprint density at radius 3 is 2.71 bits per heavy atom. The van der Waals surface area contributed by atoms with Crippen molar-refractivity contribution < 1.29 is 14.4 Å². The molecule has 0 radical (unpaired) electrons. The van der Waals surface area contributed by atoms with Crippen molar-refractivity contribution in [2.45, 2.75) is 69.3 Å². The second-order valence-corrected chi connectivity index (χ2v) is 10.3. The number of nitrogens with one attached hydrogen (secondary N) is 1. The molecule has 0 unspecified atom stereocenters. The molecule has 0 aromatic heterocycles. The zero-order valence-corrected chi connectivity index (χ0v) is 18.0. The van der Waals surface area contributed by atoms with Gasteiger partial charge < -0.3 is 10.2 Å². The van der Waals surface area contributed by atoms with Crippen molar-refractivity contribution in [2.24, 2.45) is 0 Å².